The Morgan fingerprint density at radius 3 is 2.86 bits per heavy atom. The Kier molecular flexibility index (Phi) is 6.33. The molecule has 3 nitrogen and oxygen atoms in total. The number of aromatic nitrogens is 2. The molecule has 114 valence electrons. The van der Waals surface area contributed by atoms with Gasteiger partial charge < -0.3 is 5.32 Å². The van der Waals surface area contributed by atoms with Crippen LogP contribution in [0.15, 0.2) is 41.4 Å². The zero-order valence-corrected chi connectivity index (χ0v) is 14.0. The van der Waals surface area contributed by atoms with Crippen LogP contribution >= 0.6 is 11.8 Å². The molecular weight excluding hydrogens is 278 g/mol. The van der Waals surface area contributed by atoms with Crippen LogP contribution in [0.1, 0.15) is 24.6 Å². The fourth-order valence-electron chi connectivity index (χ4n) is 2.40. The number of nitrogens with one attached hydrogen (secondary N) is 1. The van der Waals surface area contributed by atoms with Crippen molar-refractivity contribution < 1.29 is 0 Å². The van der Waals surface area contributed by atoms with Crippen LogP contribution in [-0.2, 0) is 13.5 Å². The van der Waals surface area contributed by atoms with E-state index in [0.717, 1.165) is 25.1 Å². The van der Waals surface area contributed by atoms with Crippen LogP contribution in [0.25, 0.3) is 0 Å². The summed E-state index contributed by atoms with van der Waals surface area (Å²) < 4.78 is 1.97. The van der Waals surface area contributed by atoms with E-state index >= 15 is 0 Å². The molecule has 0 saturated carbocycles. The number of hydrogen-bond acceptors (Lipinski definition) is 3. The Hall–Kier alpha value is -1.26. The van der Waals surface area contributed by atoms with Gasteiger partial charge in [-0.15, -0.1) is 11.8 Å². The highest BCUT2D eigenvalue weighted by molar-refractivity contribution is 7.99. The Bertz CT molecular complexity index is 550. The van der Waals surface area contributed by atoms with Crippen molar-refractivity contribution in [1.82, 2.24) is 15.1 Å². The quantitative estimate of drug-likeness (QED) is 0.758. The Balaban J connectivity index is 1.85. The third kappa shape index (κ3) is 5.21. The van der Waals surface area contributed by atoms with Gasteiger partial charge in [0.1, 0.15) is 0 Å². The maximum absolute atomic E-state index is 4.23. The maximum Gasteiger partial charge on any atom is 0.0492 e. The number of rotatable bonds is 8. The summed E-state index contributed by atoms with van der Waals surface area (Å²) in [5, 5.41) is 7.83. The lowest BCUT2D eigenvalue weighted by Gasteiger charge is -2.17. The molecule has 0 radical (unpaired) electrons. The van der Waals surface area contributed by atoms with E-state index < -0.39 is 0 Å². The molecule has 0 saturated heterocycles. The molecule has 2 rings (SSSR count). The smallest absolute Gasteiger partial charge is 0.0492 e. The lowest BCUT2D eigenvalue weighted by Crippen LogP contribution is -2.31. The molecule has 1 unspecified atom stereocenters. The first-order valence-corrected chi connectivity index (χ1v) is 8.57. The van der Waals surface area contributed by atoms with Crippen molar-refractivity contribution in [1.29, 1.82) is 0 Å². The molecule has 1 N–H and O–H groups in total. The Morgan fingerprint density at radius 1 is 1.33 bits per heavy atom. The summed E-state index contributed by atoms with van der Waals surface area (Å²) in [5.74, 6) is 1.11. The second-order valence-corrected chi connectivity index (χ2v) is 6.46. The van der Waals surface area contributed by atoms with Crippen LogP contribution in [0.4, 0.5) is 0 Å². The van der Waals surface area contributed by atoms with Crippen molar-refractivity contribution in [3.8, 4) is 0 Å². The standard InChI is InChI=1S/C17H25N3S/c1-4-18-15(8-9-16-10-11-19-20(16)3)13-21-17-7-5-6-14(2)12-17/h5-7,10-12,15,18H,4,8-9,13H2,1-3H3. The molecular formula is C17H25N3S. The summed E-state index contributed by atoms with van der Waals surface area (Å²) in [7, 11) is 2.01. The summed E-state index contributed by atoms with van der Waals surface area (Å²) in [6.45, 7) is 5.34. The predicted octanol–water partition coefficient (Wildman–Crippen LogP) is 3.43. The summed E-state index contributed by atoms with van der Waals surface area (Å²) in [6.07, 6.45) is 4.09. The molecule has 1 aromatic carbocycles. The Morgan fingerprint density at radius 2 is 2.19 bits per heavy atom. The van der Waals surface area contributed by atoms with E-state index in [0.29, 0.717) is 6.04 Å². The highest BCUT2D eigenvalue weighted by atomic mass is 32.2. The molecule has 0 spiro atoms. The second-order valence-electron chi connectivity index (χ2n) is 5.37. The molecule has 0 aliphatic rings. The minimum absolute atomic E-state index is 0.537. The normalized spacial score (nSPS) is 12.5. The van der Waals surface area contributed by atoms with Crippen molar-refractivity contribution in [2.45, 2.75) is 37.6 Å². The predicted molar refractivity (Wildman–Crippen MR) is 90.9 cm³/mol. The molecule has 2 aromatic rings. The third-order valence-corrected chi connectivity index (χ3v) is 4.76. The van der Waals surface area contributed by atoms with E-state index in [1.807, 2.05) is 29.7 Å². The molecule has 0 aliphatic heterocycles. The van der Waals surface area contributed by atoms with Gasteiger partial charge in [-0.2, -0.15) is 5.10 Å². The van der Waals surface area contributed by atoms with Crippen molar-refractivity contribution in [3.63, 3.8) is 0 Å². The lowest BCUT2D eigenvalue weighted by atomic mass is 10.1. The van der Waals surface area contributed by atoms with Gasteiger partial charge in [-0.05, 0) is 44.5 Å². The summed E-state index contributed by atoms with van der Waals surface area (Å²) >= 11 is 1.94. The molecule has 0 aliphatic carbocycles. The van der Waals surface area contributed by atoms with Crippen molar-refractivity contribution in [2.75, 3.05) is 12.3 Å². The van der Waals surface area contributed by atoms with Gasteiger partial charge in [0.05, 0.1) is 0 Å². The van der Waals surface area contributed by atoms with Gasteiger partial charge in [0, 0.05) is 35.6 Å². The molecule has 1 atom stereocenters. The number of aryl methyl sites for hydroxylation is 3. The zero-order valence-electron chi connectivity index (χ0n) is 13.2. The van der Waals surface area contributed by atoms with Gasteiger partial charge in [-0.25, -0.2) is 0 Å². The average Bonchev–Trinajstić information content (AvgIpc) is 2.87. The number of hydrogen-bond donors (Lipinski definition) is 1. The van der Waals surface area contributed by atoms with Gasteiger partial charge in [0.2, 0.25) is 0 Å². The third-order valence-electron chi connectivity index (χ3n) is 3.60. The lowest BCUT2D eigenvalue weighted by molar-refractivity contribution is 0.527. The van der Waals surface area contributed by atoms with Crippen molar-refractivity contribution in [2.24, 2.45) is 7.05 Å². The van der Waals surface area contributed by atoms with E-state index in [9.17, 15) is 0 Å². The summed E-state index contributed by atoms with van der Waals surface area (Å²) in [6, 6.07) is 11.4. The molecule has 1 aromatic heterocycles. The molecule has 0 fully saturated rings. The van der Waals surface area contributed by atoms with Gasteiger partial charge in [-0.3, -0.25) is 4.68 Å². The fraction of sp³-hybridized carbons (Fsp3) is 0.471. The van der Waals surface area contributed by atoms with Crippen LogP contribution < -0.4 is 5.32 Å². The minimum Gasteiger partial charge on any atom is -0.313 e. The van der Waals surface area contributed by atoms with Gasteiger partial charge in [0.15, 0.2) is 0 Å². The monoisotopic (exact) mass is 303 g/mol. The van der Waals surface area contributed by atoms with Crippen LogP contribution in [0.3, 0.4) is 0 Å². The topological polar surface area (TPSA) is 29.9 Å². The molecule has 0 bridgehead atoms. The first kappa shape index (κ1) is 16.1. The van der Waals surface area contributed by atoms with Crippen LogP contribution in [0, 0.1) is 6.92 Å². The average molecular weight is 303 g/mol. The van der Waals surface area contributed by atoms with E-state index in [4.69, 9.17) is 0 Å². The number of thioether (sulfide) groups is 1. The van der Waals surface area contributed by atoms with Crippen LogP contribution in [0.5, 0.6) is 0 Å². The second kappa shape index (κ2) is 8.25. The van der Waals surface area contributed by atoms with Gasteiger partial charge in [0.25, 0.3) is 0 Å². The van der Waals surface area contributed by atoms with E-state index in [-0.39, 0.29) is 0 Å². The van der Waals surface area contributed by atoms with Crippen molar-refractivity contribution in [3.05, 3.63) is 47.8 Å². The van der Waals surface area contributed by atoms with Gasteiger partial charge >= 0.3 is 0 Å². The molecule has 4 heteroatoms. The van der Waals surface area contributed by atoms with Crippen LogP contribution in [-0.4, -0.2) is 28.1 Å². The minimum atomic E-state index is 0.537. The van der Waals surface area contributed by atoms with E-state index in [2.05, 4.69) is 54.6 Å². The first-order chi connectivity index (χ1) is 10.2. The zero-order chi connectivity index (χ0) is 15.1. The first-order valence-electron chi connectivity index (χ1n) is 7.58. The van der Waals surface area contributed by atoms with E-state index in [1.54, 1.807) is 0 Å². The summed E-state index contributed by atoms with van der Waals surface area (Å²) in [4.78, 5) is 1.36. The Labute approximate surface area is 132 Å². The number of nitrogens with zero attached hydrogens (tertiary/aromatic N) is 2. The van der Waals surface area contributed by atoms with Crippen molar-refractivity contribution >= 4 is 11.8 Å². The molecule has 1 heterocycles. The SMILES string of the molecule is CCNC(CCc1ccnn1C)CSc1cccc(C)c1. The largest absolute Gasteiger partial charge is 0.313 e. The summed E-state index contributed by atoms with van der Waals surface area (Å²) in [5.41, 5.74) is 2.63. The fourth-order valence-corrected chi connectivity index (χ4v) is 3.53. The molecule has 21 heavy (non-hydrogen) atoms. The van der Waals surface area contributed by atoms with Gasteiger partial charge in [-0.1, -0.05) is 24.6 Å². The van der Waals surface area contributed by atoms with Crippen LogP contribution in [0.2, 0.25) is 0 Å². The maximum atomic E-state index is 4.23. The highest BCUT2D eigenvalue weighted by Gasteiger charge is 2.10. The highest BCUT2D eigenvalue weighted by Crippen LogP contribution is 2.21. The molecule has 0 amide bonds. The van der Waals surface area contributed by atoms with E-state index in [1.165, 1.54) is 16.2 Å². The number of benzene rings is 1.